The maximum absolute atomic E-state index is 12.8. The van der Waals surface area contributed by atoms with Gasteiger partial charge in [-0.3, -0.25) is 14.4 Å². The Bertz CT molecular complexity index is 597. The summed E-state index contributed by atoms with van der Waals surface area (Å²) >= 11 is 0. The molecule has 0 aromatic rings. The van der Waals surface area contributed by atoms with Crippen molar-refractivity contribution in [2.24, 2.45) is 5.92 Å². The number of hydrogen-bond acceptors (Lipinski definition) is 7. The Morgan fingerprint density at radius 1 is 0.675 bits per heavy atom. The van der Waals surface area contributed by atoms with Crippen molar-refractivity contribution < 1.29 is 28.6 Å². The van der Waals surface area contributed by atoms with Crippen LogP contribution in [0.4, 0.5) is 0 Å². The highest BCUT2D eigenvalue weighted by molar-refractivity contribution is 5.72. The lowest BCUT2D eigenvalue weighted by atomic mass is 9.94. The van der Waals surface area contributed by atoms with E-state index in [-0.39, 0.29) is 24.0 Å². The summed E-state index contributed by atoms with van der Waals surface area (Å²) in [6, 6.07) is 0. The molecular formula is C33H63NO6. The first-order valence-corrected chi connectivity index (χ1v) is 16.5. The molecule has 0 bridgehead atoms. The van der Waals surface area contributed by atoms with Gasteiger partial charge in [-0.25, -0.2) is 0 Å². The van der Waals surface area contributed by atoms with Crippen LogP contribution < -0.4 is 0 Å². The van der Waals surface area contributed by atoms with Crippen molar-refractivity contribution in [1.29, 1.82) is 0 Å². The molecule has 0 radical (unpaired) electrons. The summed E-state index contributed by atoms with van der Waals surface area (Å²) in [4.78, 5) is 37.4. The van der Waals surface area contributed by atoms with E-state index in [2.05, 4.69) is 13.8 Å². The van der Waals surface area contributed by atoms with Crippen LogP contribution >= 0.6 is 0 Å². The van der Waals surface area contributed by atoms with Crippen LogP contribution in [0, 0.1) is 5.92 Å². The summed E-state index contributed by atoms with van der Waals surface area (Å²) in [6.45, 7) is 6.53. The van der Waals surface area contributed by atoms with Crippen molar-refractivity contribution in [3.05, 3.63) is 0 Å². The third kappa shape index (κ3) is 25.3. The molecule has 7 nitrogen and oxygen atoms in total. The minimum Gasteiger partial charge on any atom is -0.468 e. The zero-order chi connectivity index (χ0) is 29.7. The summed E-state index contributed by atoms with van der Waals surface area (Å²) in [7, 11) is 3.89. The standard InChI is InChI=1S/C33H63NO6/c1-5-7-9-11-12-16-22-30(21-15-10-8-6-2)33(37)39-28-20-14-18-24-31(23-17-13-19-27-38-29-35)40-32(36)25-26-34(3)4/h29-31H,5-28H2,1-4H3. The third-order valence-electron chi connectivity index (χ3n) is 7.48. The zero-order valence-corrected chi connectivity index (χ0v) is 26.6. The van der Waals surface area contributed by atoms with Gasteiger partial charge in [0.2, 0.25) is 0 Å². The van der Waals surface area contributed by atoms with Crippen LogP contribution in [0.25, 0.3) is 0 Å². The fourth-order valence-corrected chi connectivity index (χ4v) is 4.91. The van der Waals surface area contributed by atoms with Crippen LogP contribution in [0.15, 0.2) is 0 Å². The van der Waals surface area contributed by atoms with Crippen molar-refractivity contribution in [2.45, 2.75) is 155 Å². The van der Waals surface area contributed by atoms with Gasteiger partial charge in [0.1, 0.15) is 6.10 Å². The van der Waals surface area contributed by atoms with Gasteiger partial charge < -0.3 is 19.1 Å². The quantitative estimate of drug-likeness (QED) is 0.0375. The topological polar surface area (TPSA) is 82.1 Å². The van der Waals surface area contributed by atoms with Gasteiger partial charge in [-0.1, -0.05) is 78.1 Å². The number of hydrogen-bond donors (Lipinski definition) is 0. The minimum atomic E-state index is -0.146. The average Bonchev–Trinajstić information content (AvgIpc) is 2.93. The summed E-state index contributed by atoms with van der Waals surface area (Å²) in [6.07, 6.45) is 21.5. The fraction of sp³-hybridized carbons (Fsp3) is 0.909. The largest absolute Gasteiger partial charge is 0.468 e. The summed E-state index contributed by atoms with van der Waals surface area (Å²) in [5.41, 5.74) is 0. The number of esters is 2. The molecule has 2 unspecified atom stereocenters. The maximum atomic E-state index is 12.8. The molecule has 0 saturated heterocycles. The molecule has 0 spiro atoms. The van der Waals surface area contributed by atoms with Crippen molar-refractivity contribution in [2.75, 3.05) is 33.9 Å². The van der Waals surface area contributed by atoms with Crippen LogP contribution in [0.2, 0.25) is 0 Å². The number of nitrogens with zero attached hydrogens (tertiary/aromatic N) is 1. The highest BCUT2D eigenvalue weighted by Gasteiger charge is 2.19. The van der Waals surface area contributed by atoms with Crippen LogP contribution in [-0.4, -0.2) is 63.3 Å². The van der Waals surface area contributed by atoms with E-state index in [1.54, 1.807) is 0 Å². The predicted octanol–water partition coefficient (Wildman–Crippen LogP) is 8.02. The number of ether oxygens (including phenoxy) is 3. The van der Waals surface area contributed by atoms with E-state index >= 15 is 0 Å². The Balaban J connectivity index is 4.41. The molecule has 0 aliphatic carbocycles. The van der Waals surface area contributed by atoms with Crippen molar-refractivity contribution in [3.63, 3.8) is 0 Å². The summed E-state index contributed by atoms with van der Waals surface area (Å²) in [5, 5.41) is 0. The zero-order valence-electron chi connectivity index (χ0n) is 26.6. The lowest BCUT2D eigenvalue weighted by Gasteiger charge is -2.19. The number of unbranched alkanes of at least 4 members (excludes halogenated alkanes) is 12. The molecule has 40 heavy (non-hydrogen) atoms. The molecule has 0 heterocycles. The Kier molecular flexibility index (Phi) is 27.7. The van der Waals surface area contributed by atoms with E-state index in [4.69, 9.17) is 14.2 Å². The minimum absolute atomic E-state index is 0.00341. The molecule has 236 valence electrons. The van der Waals surface area contributed by atoms with Crippen LogP contribution in [0.1, 0.15) is 149 Å². The van der Waals surface area contributed by atoms with E-state index in [0.717, 1.165) is 77.0 Å². The van der Waals surface area contributed by atoms with E-state index in [9.17, 15) is 14.4 Å². The molecule has 0 saturated carbocycles. The van der Waals surface area contributed by atoms with Gasteiger partial charge in [-0.05, 0) is 78.3 Å². The van der Waals surface area contributed by atoms with Gasteiger partial charge in [0.25, 0.3) is 6.47 Å². The van der Waals surface area contributed by atoms with Crippen LogP contribution in [-0.2, 0) is 28.6 Å². The van der Waals surface area contributed by atoms with Crippen molar-refractivity contribution in [1.82, 2.24) is 4.90 Å². The van der Waals surface area contributed by atoms with Gasteiger partial charge in [-0.15, -0.1) is 0 Å². The number of rotatable bonds is 30. The molecule has 2 atom stereocenters. The Labute approximate surface area is 246 Å². The van der Waals surface area contributed by atoms with E-state index in [1.807, 2.05) is 19.0 Å². The smallest absolute Gasteiger partial charge is 0.308 e. The van der Waals surface area contributed by atoms with E-state index in [1.165, 1.54) is 51.4 Å². The maximum Gasteiger partial charge on any atom is 0.308 e. The first-order valence-electron chi connectivity index (χ1n) is 16.5. The second kappa shape index (κ2) is 28.9. The second-order valence-corrected chi connectivity index (χ2v) is 11.6. The lowest BCUT2D eigenvalue weighted by molar-refractivity contribution is -0.151. The van der Waals surface area contributed by atoms with Gasteiger partial charge in [0.05, 0.1) is 25.6 Å². The van der Waals surface area contributed by atoms with Gasteiger partial charge >= 0.3 is 11.9 Å². The molecule has 0 aromatic carbocycles. The van der Waals surface area contributed by atoms with Gasteiger partial charge in [0, 0.05) is 6.54 Å². The molecule has 7 heteroatoms. The first-order chi connectivity index (χ1) is 19.4. The summed E-state index contributed by atoms with van der Waals surface area (Å²) in [5.74, 6) is -0.102. The van der Waals surface area contributed by atoms with Crippen molar-refractivity contribution >= 4 is 18.4 Å². The Hall–Kier alpha value is -1.63. The SMILES string of the molecule is CCCCCCCCC(CCCCCC)C(=O)OCCCCCC(CCCCCOC=O)OC(=O)CCN(C)C. The average molecular weight is 570 g/mol. The number of carbonyl (C=O) groups excluding carboxylic acids is 3. The molecular weight excluding hydrogens is 506 g/mol. The van der Waals surface area contributed by atoms with Crippen LogP contribution in [0.3, 0.4) is 0 Å². The highest BCUT2D eigenvalue weighted by atomic mass is 16.5. The van der Waals surface area contributed by atoms with E-state index in [0.29, 0.717) is 32.7 Å². The van der Waals surface area contributed by atoms with Gasteiger partial charge in [-0.2, -0.15) is 0 Å². The predicted molar refractivity (Wildman–Crippen MR) is 163 cm³/mol. The molecule has 0 N–H and O–H groups in total. The second-order valence-electron chi connectivity index (χ2n) is 11.6. The summed E-state index contributed by atoms with van der Waals surface area (Å²) < 4.78 is 16.3. The normalized spacial score (nSPS) is 12.7. The molecule has 0 amide bonds. The molecule has 0 aliphatic rings. The molecule has 0 rings (SSSR count). The molecule has 0 aliphatic heterocycles. The fourth-order valence-electron chi connectivity index (χ4n) is 4.91. The third-order valence-corrected chi connectivity index (χ3v) is 7.48. The molecule has 0 aromatic heterocycles. The van der Waals surface area contributed by atoms with Crippen LogP contribution in [0.5, 0.6) is 0 Å². The highest BCUT2D eigenvalue weighted by Crippen LogP contribution is 2.21. The van der Waals surface area contributed by atoms with Gasteiger partial charge in [0.15, 0.2) is 0 Å². The Morgan fingerprint density at radius 2 is 1.18 bits per heavy atom. The van der Waals surface area contributed by atoms with E-state index < -0.39 is 0 Å². The lowest BCUT2D eigenvalue weighted by Crippen LogP contribution is -2.23. The molecule has 0 fully saturated rings. The first kappa shape index (κ1) is 38.4. The monoisotopic (exact) mass is 569 g/mol. The Morgan fingerprint density at radius 3 is 1.75 bits per heavy atom. The number of carbonyl (C=O) groups is 3. The van der Waals surface area contributed by atoms with Crippen molar-refractivity contribution in [3.8, 4) is 0 Å².